The molecule has 5 heteroatoms. The van der Waals surface area contributed by atoms with Crippen LogP contribution in [0.1, 0.15) is 38.8 Å². The second-order valence-electron chi connectivity index (χ2n) is 5.86. The van der Waals surface area contributed by atoms with Crippen LogP contribution in [0.4, 0.5) is 0 Å². The first-order chi connectivity index (χ1) is 9.92. The van der Waals surface area contributed by atoms with E-state index in [1.54, 1.807) is 0 Å². The van der Waals surface area contributed by atoms with Crippen LogP contribution in [-0.2, 0) is 9.53 Å². The van der Waals surface area contributed by atoms with Crippen molar-refractivity contribution in [2.24, 2.45) is 5.73 Å². The lowest BCUT2D eigenvalue weighted by atomic mass is 9.98. The fourth-order valence-corrected chi connectivity index (χ4v) is 2.38. The normalized spacial score (nSPS) is 23.1. The highest BCUT2D eigenvalue weighted by atomic mass is 16.5. The van der Waals surface area contributed by atoms with Crippen LogP contribution in [0.15, 0.2) is 24.3 Å². The van der Waals surface area contributed by atoms with Crippen molar-refractivity contribution in [2.45, 2.75) is 44.9 Å². The molecule has 1 fully saturated rings. The Morgan fingerprint density at radius 3 is 2.71 bits per heavy atom. The molecule has 1 amide bonds. The van der Waals surface area contributed by atoms with Crippen molar-refractivity contribution < 1.29 is 14.3 Å². The number of benzene rings is 1. The number of para-hydroxylation sites is 1. The molecule has 1 aliphatic heterocycles. The molecule has 2 unspecified atom stereocenters. The van der Waals surface area contributed by atoms with Gasteiger partial charge in [0.15, 0.2) is 0 Å². The van der Waals surface area contributed by atoms with Crippen molar-refractivity contribution in [3.05, 3.63) is 29.8 Å². The molecule has 1 heterocycles. The van der Waals surface area contributed by atoms with E-state index in [9.17, 15) is 4.79 Å². The summed E-state index contributed by atoms with van der Waals surface area (Å²) in [6, 6.07) is 7.55. The minimum Gasteiger partial charge on any atom is -0.491 e. The standard InChI is InChI=1S/C16H24N2O3/c1-11(2)21-14-7-5-4-6-13(14)12(3)18-15(19)16(17)8-9-20-10-16/h4-7,11-12H,8-10,17H2,1-3H3,(H,18,19). The second kappa shape index (κ2) is 6.45. The third kappa shape index (κ3) is 3.74. The summed E-state index contributed by atoms with van der Waals surface area (Å²) < 4.78 is 11.0. The summed E-state index contributed by atoms with van der Waals surface area (Å²) in [7, 11) is 0. The van der Waals surface area contributed by atoms with E-state index in [4.69, 9.17) is 15.2 Å². The van der Waals surface area contributed by atoms with E-state index in [-0.39, 0.29) is 24.7 Å². The van der Waals surface area contributed by atoms with Gasteiger partial charge in [-0.25, -0.2) is 0 Å². The second-order valence-corrected chi connectivity index (χ2v) is 5.86. The first kappa shape index (κ1) is 15.8. The van der Waals surface area contributed by atoms with Gasteiger partial charge < -0.3 is 20.5 Å². The number of ether oxygens (including phenoxy) is 2. The molecule has 0 aromatic heterocycles. The van der Waals surface area contributed by atoms with Gasteiger partial charge in [0, 0.05) is 12.2 Å². The van der Waals surface area contributed by atoms with E-state index in [0.717, 1.165) is 11.3 Å². The van der Waals surface area contributed by atoms with Crippen LogP contribution in [0.3, 0.4) is 0 Å². The van der Waals surface area contributed by atoms with Gasteiger partial charge in [-0.1, -0.05) is 18.2 Å². The fourth-order valence-electron chi connectivity index (χ4n) is 2.38. The van der Waals surface area contributed by atoms with Crippen LogP contribution in [0, 0.1) is 0 Å². The number of nitrogens with one attached hydrogen (secondary N) is 1. The molecule has 0 saturated carbocycles. The first-order valence-corrected chi connectivity index (χ1v) is 7.35. The smallest absolute Gasteiger partial charge is 0.243 e. The molecule has 0 radical (unpaired) electrons. The molecule has 0 spiro atoms. The fraction of sp³-hybridized carbons (Fsp3) is 0.562. The molecule has 5 nitrogen and oxygen atoms in total. The molecule has 0 bridgehead atoms. The summed E-state index contributed by atoms with van der Waals surface area (Å²) in [5.74, 6) is 0.612. The van der Waals surface area contributed by atoms with Crippen molar-refractivity contribution >= 4 is 5.91 Å². The van der Waals surface area contributed by atoms with Crippen molar-refractivity contribution in [1.82, 2.24) is 5.32 Å². The predicted molar refractivity (Wildman–Crippen MR) is 81.1 cm³/mol. The summed E-state index contributed by atoms with van der Waals surface area (Å²) in [5.41, 5.74) is 6.11. The van der Waals surface area contributed by atoms with Gasteiger partial charge in [-0.05, 0) is 33.3 Å². The highest BCUT2D eigenvalue weighted by molar-refractivity contribution is 5.87. The molecular weight excluding hydrogens is 268 g/mol. The van der Waals surface area contributed by atoms with E-state index in [0.29, 0.717) is 13.0 Å². The van der Waals surface area contributed by atoms with E-state index in [1.807, 2.05) is 45.0 Å². The van der Waals surface area contributed by atoms with Gasteiger partial charge in [-0.3, -0.25) is 4.79 Å². The van der Waals surface area contributed by atoms with Gasteiger partial charge in [0.2, 0.25) is 5.91 Å². The lowest BCUT2D eigenvalue weighted by Crippen LogP contribution is -2.54. The lowest BCUT2D eigenvalue weighted by molar-refractivity contribution is -0.127. The van der Waals surface area contributed by atoms with E-state index >= 15 is 0 Å². The average molecular weight is 292 g/mol. The molecule has 0 aliphatic carbocycles. The summed E-state index contributed by atoms with van der Waals surface area (Å²) in [6.45, 7) is 6.69. The number of carbonyl (C=O) groups excluding carboxylic acids is 1. The zero-order chi connectivity index (χ0) is 15.5. The number of hydrogen-bond donors (Lipinski definition) is 2. The minimum absolute atomic E-state index is 0.0816. The van der Waals surface area contributed by atoms with Crippen LogP contribution in [0.25, 0.3) is 0 Å². The summed E-state index contributed by atoms with van der Waals surface area (Å²) in [5, 5.41) is 2.97. The molecule has 1 aromatic carbocycles. The maximum Gasteiger partial charge on any atom is 0.243 e. The van der Waals surface area contributed by atoms with Crippen molar-refractivity contribution in [1.29, 1.82) is 0 Å². The molecule has 2 atom stereocenters. The SMILES string of the molecule is CC(C)Oc1ccccc1C(C)NC(=O)C1(N)CCOC1. The Bertz CT molecular complexity index is 496. The Kier molecular flexibility index (Phi) is 4.85. The third-order valence-electron chi connectivity index (χ3n) is 3.60. The van der Waals surface area contributed by atoms with Gasteiger partial charge in [-0.15, -0.1) is 0 Å². The average Bonchev–Trinajstić information content (AvgIpc) is 2.87. The lowest BCUT2D eigenvalue weighted by Gasteiger charge is -2.25. The number of carbonyl (C=O) groups is 1. The molecule has 21 heavy (non-hydrogen) atoms. The first-order valence-electron chi connectivity index (χ1n) is 7.35. The highest BCUT2D eigenvalue weighted by Gasteiger charge is 2.38. The molecule has 2 rings (SSSR count). The highest BCUT2D eigenvalue weighted by Crippen LogP contribution is 2.26. The topological polar surface area (TPSA) is 73.6 Å². The van der Waals surface area contributed by atoms with Crippen LogP contribution in [0.2, 0.25) is 0 Å². The quantitative estimate of drug-likeness (QED) is 0.867. The van der Waals surface area contributed by atoms with E-state index in [1.165, 1.54) is 0 Å². The zero-order valence-electron chi connectivity index (χ0n) is 12.9. The van der Waals surface area contributed by atoms with Crippen molar-refractivity contribution in [3.63, 3.8) is 0 Å². The molecule has 1 aliphatic rings. The number of hydrogen-bond acceptors (Lipinski definition) is 4. The van der Waals surface area contributed by atoms with Crippen LogP contribution < -0.4 is 15.8 Å². The van der Waals surface area contributed by atoms with Crippen LogP contribution >= 0.6 is 0 Å². The summed E-state index contributed by atoms with van der Waals surface area (Å²) in [6.07, 6.45) is 0.633. The third-order valence-corrected chi connectivity index (χ3v) is 3.60. The summed E-state index contributed by atoms with van der Waals surface area (Å²) in [4.78, 5) is 12.3. The number of rotatable bonds is 5. The largest absolute Gasteiger partial charge is 0.491 e. The van der Waals surface area contributed by atoms with Gasteiger partial charge in [0.1, 0.15) is 11.3 Å². The molecular formula is C16H24N2O3. The van der Waals surface area contributed by atoms with Crippen LogP contribution in [-0.4, -0.2) is 30.8 Å². The molecule has 1 saturated heterocycles. The molecule has 1 aromatic rings. The number of nitrogens with two attached hydrogens (primary N) is 1. The maximum atomic E-state index is 12.3. The van der Waals surface area contributed by atoms with Gasteiger partial charge in [0.05, 0.1) is 18.8 Å². The minimum atomic E-state index is -0.915. The molecule has 116 valence electrons. The van der Waals surface area contributed by atoms with Crippen molar-refractivity contribution in [2.75, 3.05) is 13.2 Å². The monoisotopic (exact) mass is 292 g/mol. The Labute approximate surface area is 125 Å². The summed E-state index contributed by atoms with van der Waals surface area (Å²) >= 11 is 0. The Hall–Kier alpha value is -1.59. The molecule has 3 N–H and O–H groups in total. The number of amides is 1. The Morgan fingerprint density at radius 1 is 1.38 bits per heavy atom. The van der Waals surface area contributed by atoms with Crippen LogP contribution in [0.5, 0.6) is 5.75 Å². The maximum absolute atomic E-state index is 12.3. The predicted octanol–water partition coefficient (Wildman–Crippen LogP) is 1.77. The van der Waals surface area contributed by atoms with E-state index < -0.39 is 5.54 Å². The van der Waals surface area contributed by atoms with Gasteiger partial charge in [-0.2, -0.15) is 0 Å². The Morgan fingerprint density at radius 2 is 2.10 bits per heavy atom. The zero-order valence-corrected chi connectivity index (χ0v) is 12.9. The van der Waals surface area contributed by atoms with Crippen molar-refractivity contribution in [3.8, 4) is 5.75 Å². The van der Waals surface area contributed by atoms with Gasteiger partial charge >= 0.3 is 0 Å². The van der Waals surface area contributed by atoms with Gasteiger partial charge in [0.25, 0.3) is 0 Å². The Balaban J connectivity index is 2.09. The van der Waals surface area contributed by atoms with E-state index in [2.05, 4.69) is 5.32 Å².